The number of hydrogen-bond acceptors (Lipinski definition) is 6. The summed E-state index contributed by atoms with van der Waals surface area (Å²) >= 11 is 1.39. The first kappa shape index (κ1) is 17.8. The van der Waals surface area contributed by atoms with E-state index in [1.807, 2.05) is 6.08 Å². The smallest absolute Gasteiger partial charge is 0.327 e. The monoisotopic (exact) mass is 367 g/mol. The molecule has 2 heterocycles. The number of nitrogens with zero attached hydrogens (tertiary/aromatic N) is 2. The lowest BCUT2D eigenvalue weighted by Gasteiger charge is -2.43. The minimum Gasteiger partial charge on any atom is -0.480 e. The zero-order valence-corrected chi connectivity index (χ0v) is 15.1. The lowest BCUT2D eigenvalue weighted by atomic mass is 9.96. The van der Waals surface area contributed by atoms with E-state index in [-0.39, 0.29) is 17.0 Å². The molecule has 0 bridgehead atoms. The third kappa shape index (κ3) is 2.90. The van der Waals surface area contributed by atoms with E-state index < -0.39 is 28.7 Å². The molecule has 0 aromatic carbocycles. The van der Waals surface area contributed by atoms with E-state index in [1.165, 1.54) is 23.8 Å². The standard InChI is InChI=1S/C16H21N3O5S/c1-16(2)11(15(22)23)19-13(21)10(14(19)25-16)17-12(20)9(18-24-3)8-6-4-5-7-8/h6,10-11,14H,4-5,7H2,1-3H3,(H,17,20)(H,22,23)/b18-9-/t10-,11+,14-/m1/s1. The van der Waals surface area contributed by atoms with Crippen LogP contribution in [0.25, 0.3) is 0 Å². The van der Waals surface area contributed by atoms with Crippen molar-refractivity contribution in [2.75, 3.05) is 7.11 Å². The van der Waals surface area contributed by atoms with Crippen LogP contribution in [0.4, 0.5) is 0 Å². The predicted octanol–water partition coefficient (Wildman–Crippen LogP) is 0.731. The number of carboxylic acids is 1. The molecule has 1 aliphatic carbocycles. The number of thioether (sulfide) groups is 1. The molecule has 0 aromatic heterocycles. The molecule has 0 saturated carbocycles. The van der Waals surface area contributed by atoms with Crippen molar-refractivity contribution in [1.29, 1.82) is 0 Å². The van der Waals surface area contributed by atoms with Gasteiger partial charge in [-0.3, -0.25) is 9.59 Å². The number of oxime groups is 1. The summed E-state index contributed by atoms with van der Waals surface area (Å²) in [5, 5.41) is 15.6. The van der Waals surface area contributed by atoms with Crippen LogP contribution in [0.2, 0.25) is 0 Å². The van der Waals surface area contributed by atoms with Crippen LogP contribution in [0.3, 0.4) is 0 Å². The molecule has 2 fully saturated rings. The Kier molecular flexibility index (Phi) is 4.52. The van der Waals surface area contributed by atoms with Crippen LogP contribution in [0.1, 0.15) is 33.1 Å². The van der Waals surface area contributed by atoms with Crippen LogP contribution in [0, 0.1) is 0 Å². The Morgan fingerprint density at radius 3 is 2.76 bits per heavy atom. The van der Waals surface area contributed by atoms with Crippen molar-refractivity contribution < 1.29 is 24.3 Å². The molecule has 3 aliphatic rings. The zero-order chi connectivity index (χ0) is 18.4. The molecule has 136 valence electrons. The first-order chi connectivity index (χ1) is 11.8. The van der Waals surface area contributed by atoms with Gasteiger partial charge in [0.1, 0.15) is 24.6 Å². The molecule has 8 nitrogen and oxygen atoms in total. The van der Waals surface area contributed by atoms with Crippen LogP contribution in [-0.2, 0) is 19.2 Å². The Hall–Kier alpha value is -2.03. The molecule has 25 heavy (non-hydrogen) atoms. The largest absolute Gasteiger partial charge is 0.480 e. The van der Waals surface area contributed by atoms with Crippen LogP contribution >= 0.6 is 11.8 Å². The highest BCUT2D eigenvalue weighted by molar-refractivity contribution is 8.01. The molecule has 2 saturated heterocycles. The molecule has 2 amide bonds. The van der Waals surface area contributed by atoms with E-state index in [1.54, 1.807) is 13.8 Å². The highest BCUT2D eigenvalue weighted by Gasteiger charge is 2.64. The molecule has 0 unspecified atom stereocenters. The van der Waals surface area contributed by atoms with Gasteiger partial charge >= 0.3 is 5.97 Å². The lowest BCUT2D eigenvalue weighted by Crippen LogP contribution is -2.71. The molecule has 0 aromatic rings. The fourth-order valence-corrected chi connectivity index (χ4v) is 5.20. The van der Waals surface area contributed by atoms with Crippen molar-refractivity contribution in [3.05, 3.63) is 11.6 Å². The topological polar surface area (TPSA) is 108 Å². The summed E-state index contributed by atoms with van der Waals surface area (Å²) in [7, 11) is 1.37. The normalized spacial score (nSPS) is 30.4. The van der Waals surface area contributed by atoms with Gasteiger partial charge in [-0.05, 0) is 38.7 Å². The first-order valence-electron chi connectivity index (χ1n) is 8.12. The van der Waals surface area contributed by atoms with E-state index in [0.29, 0.717) is 0 Å². The van der Waals surface area contributed by atoms with Crippen molar-refractivity contribution in [2.45, 2.75) is 55.3 Å². The number of carboxylic acid groups (broad SMARTS) is 1. The second-order valence-electron chi connectivity index (χ2n) is 6.79. The van der Waals surface area contributed by atoms with Gasteiger partial charge in [-0.1, -0.05) is 11.2 Å². The van der Waals surface area contributed by atoms with E-state index in [4.69, 9.17) is 4.84 Å². The molecule has 2 N–H and O–H groups in total. The van der Waals surface area contributed by atoms with Gasteiger partial charge in [0.2, 0.25) is 5.91 Å². The minimum absolute atomic E-state index is 0.184. The molecule has 2 aliphatic heterocycles. The number of β-lactam (4-membered cyclic amide) rings is 1. The Labute approximate surface area is 149 Å². The van der Waals surface area contributed by atoms with Crippen molar-refractivity contribution >= 4 is 35.3 Å². The number of nitrogens with one attached hydrogen (secondary N) is 1. The van der Waals surface area contributed by atoms with Gasteiger partial charge in [0.05, 0.1) is 0 Å². The zero-order valence-electron chi connectivity index (χ0n) is 14.3. The molecular formula is C16H21N3O5S. The van der Waals surface area contributed by atoms with E-state index in [0.717, 1.165) is 24.8 Å². The van der Waals surface area contributed by atoms with Gasteiger partial charge in [0, 0.05) is 4.75 Å². The highest BCUT2D eigenvalue weighted by Crippen LogP contribution is 2.50. The van der Waals surface area contributed by atoms with Gasteiger partial charge in [0.15, 0.2) is 5.71 Å². The van der Waals surface area contributed by atoms with Crippen molar-refractivity contribution in [1.82, 2.24) is 10.2 Å². The van der Waals surface area contributed by atoms with Crippen LogP contribution in [0.5, 0.6) is 0 Å². The quantitative estimate of drug-likeness (QED) is 0.421. The molecule has 0 spiro atoms. The number of carbonyl (C=O) groups is 3. The number of allylic oxidation sites excluding steroid dienone is 1. The number of fused-ring (bicyclic) bond motifs is 1. The third-order valence-corrected chi connectivity index (χ3v) is 6.28. The Bertz CT molecular complexity index is 687. The van der Waals surface area contributed by atoms with E-state index in [9.17, 15) is 19.5 Å². The predicted molar refractivity (Wildman–Crippen MR) is 92.0 cm³/mol. The van der Waals surface area contributed by atoms with Gasteiger partial charge in [0.25, 0.3) is 5.91 Å². The van der Waals surface area contributed by atoms with E-state index >= 15 is 0 Å². The van der Waals surface area contributed by atoms with Crippen LogP contribution in [0.15, 0.2) is 16.8 Å². The number of carbonyl (C=O) groups excluding carboxylic acids is 2. The van der Waals surface area contributed by atoms with Gasteiger partial charge in [-0.15, -0.1) is 11.8 Å². The lowest BCUT2D eigenvalue weighted by molar-refractivity contribution is -0.160. The SMILES string of the molecule is CO/N=C(\C(=O)N[C@@H]1C(=O)N2[C@@H]1SC(C)(C)[C@@H]2C(=O)O)C1=CCCC1. The molecule has 0 radical (unpaired) electrons. The fraction of sp³-hybridized carbons (Fsp3) is 0.625. The van der Waals surface area contributed by atoms with E-state index in [2.05, 4.69) is 10.5 Å². The summed E-state index contributed by atoms with van der Waals surface area (Å²) in [5.41, 5.74) is 0.995. The summed E-state index contributed by atoms with van der Waals surface area (Å²) in [6.07, 6.45) is 4.52. The number of aliphatic carboxylic acids is 1. The Morgan fingerprint density at radius 2 is 2.20 bits per heavy atom. The maximum absolute atomic E-state index is 12.6. The van der Waals surface area contributed by atoms with Crippen molar-refractivity contribution in [3.8, 4) is 0 Å². The van der Waals surface area contributed by atoms with Gasteiger partial charge in [-0.25, -0.2) is 4.79 Å². The number of rotatable bonds is 5. The number of amides is 2. The molecule has 3 rings (SSSR count). The average molecular weight is 367 g/mol. The Morgan fingerprint density at radius 1 is 1.48 bits per heavy atom. The average Bonchev–Trinajstić information content (AvgIpc) is 3.14. The Balaban J connectivity index is 1.74. The maximum Gasteiger partial charge on any atom is 0.327 e. The number of hydrogen-bond donors (Lipinski definition) is 2. The second-order valence-corrected chi connectivity index (χ2v) is 8.56. The second kappa shape index (κ2) is 6.36. The van der Waals surface area contributed by atoms with Crippen molar-refractivity contribution in [3.63, 3.8) is 0 Å². The van der Waals surface area contributed by atoms with Gasteiger partial charge in [-0.2, -0.15) is 0 Å². The molecule has 9 heteroatoms. The highest BCUT2D eigenvalue weighted by atomic mass is 32.2. The molecule has 3 atom stereocenters. The summed E-state index contributed by atoms with van der Waals surface area (Å²) in [6, 6.07) is -1.64. The summed E-state index contributed by atoms with van der Waals surface area (Å²) in [5.74, 6) is -1.87. The first-order valence-corrected chi connectivity index (χ1v) is 9.00. The maximum atomic E-state index is 12.6. The van der Waals surface area contributed by atoms with Crippen LogP contribution in [-0.4, -0.2) is 62.8 Å². The fourth-order valence-electron chi connectivity index (χ4n) is 3.58. The summed E-state index contributed by atoms with van der Waals surface area (Å²) in [4.78, 5) is 42.6. The third-order valence-electron chi connectivity index (χ3n) is 4.70. The van der Waals surface area contributed by atoms with Gasteiger partial charge < -0.3 is 20.2 Å². The summed E-state index contributed by atoms with van der Waals surface area (Å²) < 4.78 is -0.622. The molecular weight excluding hydrogens is 346 g/mol. The van der Waals surface area contributed by atoms with Crippen molar-refractivity contribution in [2.24, 2.45) is 5.16 Å². The summed E-state index contributed by atoms with van der Waals surface area (Å²) in [6.45, 7) is 3.59. The van der Waals surface area contributed by atoms with Crippen LogP contribution < -0.4 is 5.32 Å². The minimum atomic E-state index is -1.03.